The molecular formula is C11H10N4O3S2. The van der Waals surface area contributed by atoms with Crippen molar-refractivity contribution < 1.29 is 9.34 Å². The van der Waals surface area contributed by atoms with Gasteiger partial charge in [0.15, 0.2) is 4.34 Å². The molecule has 0 aromatic carbocycles. The van der Waals surface area contributed by atoms with Crippen LogP contribution in [0.4, 0.5) is 11.0 Å². The van der Waals surface area contributed by atoms with Crippen LogP contribution in [-0.4, -0.2) is 21.2 Å². The average molecular weight is 310 g/mol. The number of nitro groups is 1. The van der Waals surface area contributed by atoms with Gasteiger partial charge in [-0.15, -0.1) is 10.2 Å². The normalized spacial score (nSPS) is 14.8. The van der Waals surface area contributed by atoms with Crippen LogP contribution in [0.5, 0.6) is 0 Å². The molecule has 0 amide bonds. The summed E-state index contributed by atoms with van der Waals surface area (Å²) in [6.45, 7) is 0. The van der Waals surface area contributed by atoms with E-state index >= 15 is 0 Å². The van der Waals surface area contributed by atoms with Crippen LogP contribution in [0.25, 0.3) is 6.08 Å². The lowest BCUT2D eigenvalue weighted by Gasteiger charge is -1.93. The highest BCUT2D eigenvalue weighted by molar-refractivity contribution is 8.03. The van der Waals surface area contributed by atoms with Gasteiger partial charge in [0.1, 0.15) is 10.7 Å². The fourth-order valence-corrected chi connectivity index (χ4v) is 2.96. The van der Waals surface area contributed by atoms with Gasteiger partial charge in [-0.25, -0.2) is 0 Å². The molecule has 0 saturated heterocycles. The van der Waals surface area contributed by atoms with Gasteiger partial charge in [-0.3, -0.25) is 10.1 Å². The zero-order chi connectivity index (χ0) is 13.9. The number of hydrogen-bond acceptors (Lipinski definition) is 8. The monoisotopic (exact) mass is 310 g/mol. The zero-order valence-corrected chi connectivity index (χ0v) is 11.8. The smallest absolute Gasteiger partial charge is 0.401 e. The molecule has 2 aromatic heterocycles. The summed E-state index contributed by atoms with van der Waals surface area (Å²) in [5, 5.41) is 24.4. The summed E-state index contributed by atoms with van der Waals surface area (Å²) >= 11 is 2.88. The van der Waals surface area contributed by atoms with Crippen molar-refractivity contribution in [3.05, 3.63) is 33.4 Å². The fraction of sp³-hybridized carbons (Fsp3) is 0.273. The number of furan rings is 1. The van der Waals surface area contributed by atoms with Crippen LogP contribution in [0.3, 0.4) is 0 Å². The molecule has 104 valence electrons. The molecule has 1 N–H and O–H groups in total. The molecule has 1 aliphatic rings. The Labute approximate surface area is 122 Å². The highest BCUT2D eigenvalue weighted by Crippen LogP contribution is 2.31. The second-order valence-electron chi connectivity index (χ2n) is 4.15. The van der Waals surface area contributed by atoms with Crippen molar-refractivity contribution in [1.29, 1.82) is 0 Å². The Bertz CT molecular complexity index is 648. The lowest BCUT2D eigenvalue weighted by molar-refractivity contribution is -0.402. The summed E-state index contributed by atoms with van der Waals surface area (Å²) in [6.07, 6.45) is 4.05. The van der Waals surface area contributed by atoms with Crippen molar-refractivity contribution in [2.24, 2.45) is 0 Å². The predicted molar refractivity (Wildman–Crippen MR) is 76.8 cm³/mol. The molecule has 7 nitrogen and oxygen atoms in total. The molecule has 1 fully saturated rings. The molecule has 0 aliphatic heterocycles. The Morgan fingerprint density at radius 1 is 1.50 bits per heavy atom. The van der Waals surface area contributed by atoms with E-state index in [4.69, 9.17) is 4.42 Å². The van der Waals surface area contributed by atoms with E-state index in [-0.39, 0.29) is 5.88 Å². The van der Waals surface area contributed by atoms with Gasteiger partial charge in [0, 0.05) is 6.04 Å². The summed E-state index contributed by atoms with van der Waals surface area (Å²) in [4.78, 5) is 9.90. The second kappa shape index (κ2) is 5.63. The van der Waals surface area contributed by atoms with Crippen molar-refractivity contribution in [3.63, 3.8) is 0 Å². The average Bonchev–Trinajstić information content (AvgIpc) is 2.91. The minimum absolute atomic E-state index is 0.263. The Morgan fingerprint density at radius 3 is 3.05 bits per heavy atom. The maximum atomic E-state index is 10.5. The first-order valence-electron chi connectivity index (χ1n) is 5.88. The van der Waals surface area contributed by atoms with Gasteiger partial charge in [-0.1, -0.05) is 23.1 Å². The minimum atomic E-state index is -0.564. The number of thioether (sulfide) groups is 1. The zero-order valence-electron chi connectivity index (χ0n) is 10.2. The Kier molecular flexibility index (Phi) is 3.70. The van der Waals surface area contributed by atoms with Crippen LogP contribution < -0.4 is 5.32 Å². The topological polar surface area (TPSA) is 94.1 Å². The van der Waals surface area contributed by atoms with Crippen molar-refractivity contribution in [2.45, 2.75) is 23.2 Å². The van der Waals surface area contributed by atoms with Crippen molar-refractivity contribution >= 4 is 40.2 Å². The quantitative estimate of drug-likeness (QED) is 0.496. The van der Waals surface area contributed by atoms with E-state index in [0.717, 1.165) is 9.47 Å². The third kappa shape index (κ3) is 3.36. The highest BCUT2D eigenvalue weighted by atomic mass is 32.2. The first-order chi connectivity index (χ1) is 9.70. The van der Waals surface area contributed by atoms with E-state index in [1.807, 2.05) is 0 Å². The molecule has 2 aromatic rings. The Balaban J connectivity index is 1.55. The summed E-state index contributed by atoms with van der Waals surface area (Å²) < 4.78 is 5.82. The van der Waals surface area contributed by atoms with Gasteiger partial charge in [-0.2, -0.15) is 0 Å². The third-order valence-corrected chi connectivity index (χ3v) is 4.25. The number of aromatic nitrogens is 2. The largest absolute Gasteiger partial charge is 0.433 e. The van der Waals surface area contributed by atoms with Crippen LogP contribution in [0.15, 0.2) is 26.3 Å². The standard InChI is InChI=1S/C11H10N4O3S2/c16-15(17)9-4-3-8(18-9)5-6-19-11-14-13-10(20-11)12-7-1-2-7/h3-7H,1-2H2,(H,12,13)/b6-5+. The van der Waals surface area contributed by atoms with E-state index in [0.29, 0.717) is 11.8 Å². The molecule has 0 spiro atoms. The Morgan fingerprint density at radius 2 is 2.35 bits per heavy atom. The predicted octanol–water partition coefficient (Wildman–Crippen LogP) is 3.38. The molecule has 0 radical (unpaired) electrons. The van der Waals surface area contributed by atoms with Crippen LogP contribution >= 0.6 is 23.1 Å². The number of anilines is 1. The Hall–Kier alpha value is -1.87. The molecular weight excluding hydrogens is 300 g/mol. The molecule has 0 unspecified atom stereocenters. The first kappa shape index (κ1) is 13.1. The van der Waals surface area contributed by atoms with E-state index in [1.54, 1.807) is 17.6 Å². The number of nitrogens with one attached hydrogen (secondary N) is 1. The van der Waals surface area contributed by atoms with Crippen molar-refractivity contribution in [1.82, 2.24) is 10.2 Å². The summed E-state index contributed by atoms with van der Waals surface area (Å²) in [5.41, 5.74) is 0. The van der Waals surface area contributed by atoms with Gasteiger partial charge in [0.05, 0.1) is 6.07 Å². The molecule has 1 aliphatic carbocycles. The van der Waals surface area contributed by atoms with Crippen LogP contribution in [0, 0.1) is 10.1 Å². The van der Waals surface area contributed by atoms with Gasteiger partial charge in [-0.05, 0) is 30.4 Å². The molecule has 3 rings (SSSR count). The molecule has 1 saturated carbocycles. The molecule has 2 heterocycles. The van der Waals surface area contributed by atoms with Crippen LogP contribution in [-0.2, 0) is 0 Å². The summed E-state index contributed by atoms with van der Waals surface area (Å²) in [5.74, 6) is 0.173. The van der Waals surface area contributed by atoms with E-state index in [9.17, 15) is 10.1 Å². The minimum Gasteiger partial charge on any atom is -0.401 e. The lowest BCUT2D eigenvalue weighted by Crippen LogP contribution is -1.99. The molecule has 0 atom stereocenters. The first-order valence-corrected chi connectivity index (χ1v) is 7.58. The van der Waals surface area contributed by atoms with E-state index < -0.39 is 4.92 Å². The number of rotatable bonds is 6. The van der Waals surface area contributed by atoms with Crippen LogP contribution in [0.2, 0.25) is 0 Å². The van der Waals surface area contributed by atoms with Gasteiger partial charge < -0.3 is 9.73 Å². The summed E-state index contributed by atoms with van der Waals surface area (Å²) in [6, 6.07) is 3.43. The van der Waals surface area contributed by atoms with Gasteiger partial charge in [0.2, 0.25) is 5.13 Å². The number of hydrogen-bond donors (Lipinski definition) is 1. The van der Waals surface area contributed by atoms with Crippen molar-refractivity contribution in [2.75, 3.05) is 5.32 Å². The maximum Gasteiger partial charge on any atom is 0.433 e. The maximum absolute atomic E-state index is 10.5. The van der Waals surface area contributed by atoms with Crippen LogP contribution in [0.1, 0.15) is 18.6 Å². The molecule has 20 heavy (non-hydrogen) atoms. The second-order valence-corrected chi connectivity index (χ2v) is 6.28. The summed E-state index contributed by atoms with van der Waals surface area (Å²) in [7, 11) is 0. The van der Waals surface area contributed by atoms with Gasteiger partial charge in [0.25, 0.3) is 0 Å². The molecule has 9 heteroatoms. The van der Waals surface area contributed by atoms with E-state index in [1.165, 1.54) is 42.0 Å². The highest BCUT2D eigenvalue weighted by Gasteiger charge is 2.22. The third-order valence-electron chi connectivity index (χ3n) is 2.51. The van der Waals surface area contributed by atoms with E-state index in [2.05, 4.69) is 15.5 Å². The SMILES string of the molecule is O=[N+]([O-])c1ccc(/C=C/Sc2nnc(NC3CC3)s2)o1. The molecule has 0 bridgehead atoms. The number of nitrogens with zero attached hydrogens (tertiary/aromatic N) is 3. The van der Waals surface area contributed by atoms with Crippen molar-refractivity contribution in [3.8, 4) is 0 Å². The fourth-order valence-electron chi connectivity index (χ4n) is 1.41. The van der Waals surface area contributed by atoms with Gasteiger partial charge >= 0.3 is 5.88 Å². The lowest BCUT2D eigenvalue weighted by atomic mass is 10.4.